The molecule has 0 amide bonds. The fraction of sp³-hybridized carbons (Fsp3) is 0.864. The molecule has 3 rings (SSSR count). The molecule has 0 aromatic carbocycles. The van der Waals surface area contributed by atoms with Crippen LogP contribution in [0.3, 0.4) is 0 Å². The van der Waals surface area contributed by atoms with Gasteiger partial charge in [-0.3, -0.25) is 4.79 Å². The molecule has 0 radical (unpaired) electrons. The second kappa shape index (κ2) is 8.27. The van der Waals surface area contributed by atoms with Crippen LogP contribution in [0.4, 0.5) is 0 Å². The minimum atomic E-state index is -1.27. The Morgan fingerprint density at radius 1 is 1.24 bits per heavy atom. The number of ether oxygens (including phenoxy) is 3. The Balaban J connectivity index is 1.73. The van der Waals surface area contributed by atoms with Crippen LogP contribution in [0.5, 0.6) is 0 Å². The van der Waals surface area contributed by atoms with Gasteiger partial charge in [0.05, 0.1) is 18.3 Å². The summed E-state index contributed by atoms with van der Waals surface area (Å²) >= 11 is 0. The van der Waals surface area contributed by atoms with Gasteiger partial charge in [-0.05, 0) is 68.8 Å². The molecule has 2 aliphatic carbocycles. The summed E-state index contributed by atoms with van der Waals surface area (Å²) in [5, 5.41) is 30.5. The van der Waals surface area contributed by atoms with E-state index in [1.54, 1.807) is 0 Å². The van der Waals surface area contributed by atoms with Crippen molar-refractivity contribution >= 4 is 5.97 Å². The number of hydrogen-bond acceptors (Lipinski definition) is 7. The maximum atomic E-state index is 11.5. The number of rotatable bonds is 4. The summed E-state index contributed by atoms with van der Waals surface area (Å²) in [6.45, 7) is 11.6. The molecule has 2 saturated carbocycles. The highest BCUT2D eigenvalue weighted by Crippen LogP contribution is 2.55. The van der Waals surface area contributed by atoms with Gasteiger partial charge in [-0.1, -0.05) is 13.5 Å². The van der Waals surface area contributed by atoms with Crippen LogP contribution in [-0.4, -0.2) is 64.2 Å². The molecule has 0 aromatic rings. The largest absolute Gasteiger partial charge is 0.454 e. The van der Waals surface area contributed by atoms with E-state index in [1.807, 2.05) is 13.8 Å². The number of hydrogen-bond donors (Lipinski definition) is 3. The van der Waals surface area contributed by atoms with Gasteiger partial charge < -0.3 is 29.5 Å². The lowest BCUT2D eigenvalue weighted by Gasteiger charge is -2.53. The standard InChI is InChI=1S/C22H36O7/c1-12-15-10-14(6-8-22(15,5)9-7-16(12)24)21(3,4)29-20-19(28-13(2)23)18(26)17(25)11-27-20/h14-20,24-26H,1,6-11H2,2-5H3. The van der Waals surface area contributed by atoms with E-state index in [4.69, 9.17) is 14.2 Å². The Kier molecular flexibility index (Phi) is 6.47. The molecule has 166 valence electrons. The van der Waals surface area contributed by atoms with Crippen LogP contribution < -0.4 is 0 Å². The zero-order chi connectivity index (χ0) is 21.6. The number of carbonyl (C=O) groups is 1. The smallest absolute Gasteiger partial charge is 0.303 e. The molecule has 0 aromatic heterocycles. The molecule has 0 bridgehead atoms. The van der Waals surface area contributed by atoms with Gasteiger partial charge in [0.15, 0.2) is 12.4 Å². The van der Waals surface area contributed by atoms with Crippen LogP contribution in [0.2, 0.25) is 0 Å². The highest BCUT2D eigenvalue weighted by atomic mass is 16.7. The lowest BCUT2D eigenvalue weighted by atomic mass is 9.55. The Hall–Kier alpha value is -0.990. The normalized spacial score (nSPS) is 43.6. The van der Waals surface area contributed by atoms with Crippen molar-refractivity contribution in [3.05, 3.63) is 12.2 Å². The minimum Gasteiger partial charge on any atom is -0.454 e. The quantitative estimate of drug-likeness (QED) is 0.479. The van der Waals surface area contributed by atoms with Crippen molar-refractivity contribution in [3.63, 3.8) is 0 Å². The summed E-state index contributed by atoms with van der Waals surface area (Å²) in [4.78, 5) is 11.5. The summed E-state index contributed by atoms with van der Waals surface area (Å²) in [6.07, 6.45) is -0.261. The van der Waals surface area contributed by atoms with Gasteiger partial charge in [-0.2, -0.15) is 0 Å². The molecule has 3 N–H and O–H groups in total. The number of fused-ring (bicyclic) bond motifs is 1. The zero-order valence-corrected chi connectivity index (χ0v) is 18.0. The van der Waals surface area contributed by atoms with Gasteiger partial charge in [-0.15, -0.1) is 0 Å². The van der Waals surface area contributed by atoms with Gasteiger partial charge in [0.2, 0.25) is 0 Å². The predicted molar refractivity (Wildman–Crippen MR) is 106 cm³/mol. The molecule has 3 fully saturated rings. The maximum Gasteiger partial charge on any atom is 0.303 e. The highest BCUT2D eigenvalue weighted by molar-refractivity contribution is 5.66. The van der Waals surface area contributed by atoms with Gasteiger partial charge >= 0.3 is 5.97 Å². The third-order valence-corrected chi connectivity index (χ3v) is 7.43. The molecule has 1 heterocycles. The fourth-order valence-corrected chi connectivity index (χ4v) is 5.36. The lowest BCUT2D eigenvalue weighted by Crippen LogP contribution is -2.58. The minimum absolute atomic E-state index is 0.0892. The summed E-state index contributed by atoms with van der Waals surface area (Å²) in [5.41, 5.74) is 0.462. The van der Waals surface area contributed by atoms with E-state index < -0.39 is 42.3 Å². The van der Waals surface area contributed by atoms with Gasteiger partial charge in [-0.25, -0.2) is 0 Å². The van der Waals surface area contributed by atoms with Gasteiger partial charge in [0.1, 0.15) is 12.2 Å². The van der Waals surface area contributed by atoms with Crippen molar-refractivity contribution in [2.45, 2.75) is 96.1 Å². The first-order valence-corrected chi connectivity index (χ1v) is 10.6. The lowest BCUT2D eigenvalue weighted by molar-refractivity contribution is -0.308. The maximum absolute atomic E-state index is 11.5. The van der Waals surface area contributed by atoms with Crippen LogP contribution in [-0.2, 0) is 19.0 Å². The van der Waals surface area contributed by atoms with Crippen LogP contribution in [0.15, 0.2) is 12.2 Å². The molecular formula is C22H36O7. The molecule has 1 saturated heterocycles. The van der Waals surface area contributed by atoms with E-state index in [0.717, 1.165) is 37.7 Å². The summed E-state index contributed by atoms with van der Waals surface area (Å²) in [7, 11) is 0. The summed E-state index contributed by atoms with van der Waals surface area (Å²) < 4.78 is 17.1. The SMILES string of the molecule is C=C1C(O)CCC2(C)CCC(C(C)(C)OC3OCC(O)C(O)C3OC(C)=O)CC12. The Morgan fingerprint density at radius 3 is 2.55 bits per heavy atom. The van der Waals surface area contributed by atoms with E-state index in [9.17, 15) is 20.1 Å². The monoisotopic (exact) mass is 412 g/mol. The van der Waals surface area contributed by atoms with Crippen molar-refractivity contribution in [2.75, 3.05) is 6.61 Å². The van der Waals surface area contributed by atoms with Crippen LogP contribution >= 0.6 is 0 Å². The fourth-order valence-electron chi connectivity index (χ4n) is 5.36. The number of esters is 1. The van der Waals surface area contributed by atoms with Crippen molar-refractivity contribution in [1.82, 2.24) is 0 Å². The third-order valence-electron chi connectivity index (χ3n) is 7.43. The average molecular weight is 413 g/mol. The molecule has 8 unspecified atom stereocenters. The summed E-state index contributed by atoms with van der Waals surface area (Å²) in [5.74, 6) is -0.149. The van der Waals surface area contributed by atoms with Crippen LogP contribution in [0, 0.1) is 17.3 Å². The summed E-state index contributed by atoms with van der Waals surface area (Å²) in [6, 6.07) is 0. The molecule has 7 nitrogen and oxygen atoms in total. The Morgan fingerprint density at radius 2 is 1.90 bits per heavy atom. The Bertz CT molecular complexity index is 633. The number of aliphatic hydroxyl groups excluding tert-OH is 3. The first-order valence-electron chi connectivity index (χ1n) is 10.6. The first kappa shape index (κ1) is 22.7. The predicted octanol–water partition coefficient (Wildman–Crippen LogP) is 1.92. The van der Waals surface area contributed by atoms with E-state index in [0.29, 0.717) is 0 Å². The van der Waals surface area contributed by atoms with Crippen molar-refractivity contribution in [3.8, 4) is 0 Å². The molecule has 3 aliphatic rings. The average Bonchev–Trinajstić information content (AvgIpc) is 2.64. The molecule has 0 spiro atoms. The molecule has 1 aliphatic heterocycles. The second-order valence-corrected chi connectivity index (χ2v) is 9.86. The second-order valence-electron chi connectivity index (χ2n) is 9.86. The van der Waals surface area contributed by atoms with E-state index in [2.05, 4.69) is 13.5 Å². The topological polar surface area (TPSA) is 105 Å². The van der Waals surface area contributed by atoms with Crippen LogP contribution in [0.25, 0.3) is 0 Å². The Labute approximate surface area is 173 Å². The van der Waals surface area contributed by atoms with Crippen molar-refractivity contribution < 1.29 is 34.3 Å². The van der Waals surface area contributed by atoms with E-state index in [-0.39, 0.29) is 23.9 Å². The van der Waals surface area contributed by atoms with E-state index >= 15 is 0 Å². The first-order chi connectivity index (χ1) is 13.4. The van der Waals surface area contributed by atoms with Gasteiger partial charge in [0, 0.05) is 6.92 Å². The van der Waals surface area contributed by atoms with E-state index in [1.165, 1.54) is 6.92 Å². The molecule has 8 atom stereocenters. The number of aliphatic hydroxyl groups is 3. The zero-order valence-electron chi connectivity index (χ0n) is 18.0. The number of carbonyl (C=O) groups excluding carboxylic acids is 1. The van der Waals surface area contributed by atoms with Crippen LogP contribution in [0.1, 0.15) is 59.8 Å². The van der Waals surface area contributed by atoms with Gasteiger partial charge in [0.25, 0.3) is 0 Å². The van der Waals surface area contributed by atoms with Crippen molar-refractivity contribution in [2.24, 2.45) is 17.3 Å². The highest BCUT2D eigenvalue weighted by Gasteiger charge is 2.51. The molecule has 7 heteroatoms. The molecular weight excluding hydrogens is 376 g/mol. The van der Waals surface area contributed by atoms with Crippen molar-refractivity contribution in [1.29, 1.82) is 0 Å². The molecule has 29 heavy (non-hydrogen) atoms. The third kappa shape index (κ3) is 4.54.